The first kappa shape index (κ1) is 21.9. The molecule has 3 aliphatic rings. The van der Waals surface area contributed by atoms with E-state index >= 15 is 0 Å². The Hall–Kier alpha value is -3.33. The van der Waals surface area contributed by atoms with Crippen molar-refractivity contribution in [3.63, 3.8) is 0 Å². The summed E-state index contributed by atoms with van der Waals surface area (Å²) in [6.07, 6.45) is 9.49. The van der Waals surface area contributed by atoms with Gasteiger partial charge in [-0.25, -0.2) is 4.79 Å². The predicted octanol–water partition coefficient (Wildman–Crippen LogP) is 2.46. The Morgan fingerprint density at radius 2 is 2.19 bits per heavy atom. The maximum atomic E-state index is 12.5. The number of oxime groups is 1. The van der Waals surface area contributed by atoms with Gasteiger partial charge in [-0.05, 0) is 67.9 Å². The SMILES string of the molecule is NNC1=C(C/C=C/C=N\O)CCCc2cc(N3CC(CNC(=O)C4CC4)OC3=O)ccc21. The highest BCUT2D eigenvalue weighted by atomic mass is 16.6. The minimum Gasteiger partial charge on any atom is -0.442 e. The molecule has 0 aromatic heterocycles. The zero-order chi connectivity index (χ0) is 22.5. The van der Waals surface area contributed by atoms with Gasteiger partial charge in [-0.3, -0.25) is 15.5 Å². The number of hydrazine groups is 1. The second kappa shape index (κ2) is 9.86. The first-order valence-electron chi connectivity index (χ1n) is 11.0. The number of allylic oxidation sites excluding steroid dienone is 3. The van der Waals surface area contributed by atoms with Gasteiger partial charge in [0.25, 0.3) is 0 Å². The summed E-state index contributed by atoms with van der Waals surface area (Å²) in [6.45, 7) is 0.743. The first-order valence-corrected chi connectivity index (χ1v) is 11.0. The molecule has 1 aliphatic heterocycles. The number of carbonyl (C=O) groups excluding carboxylic acids is 2. The molecule has 0 bridgehead atoms. The smallest absolute Gasteiger partial charge is 0.414 e. The van der Waals surface area contributed by atoms with Gasteiger partial charge in [0.05, 0.1) is 25.0 Å². The minimum atomic E-state index is -0.395. The third-order valence-corrected chi connectivity index (χ3v) is 6.07. The Labute approximate surface area is 186 Å². The van der Waals surface area contributed by atoms with Gasteiger partial charge in [0.2, 0.25) is 5.91 Å². The number of benzene rings is 1. The molecule has 1 saturated carbocycles. The van der Waals surface area contributed by atoms with Gasteiger partial charge in [-0.2, -0.15) is 0 Å². The molecular weight excluding hydrogens is 410 g/mol. The Morgan fingerprint density at radius 3 is 2.94 bits per heavy atom. The van der Waals surface area contributed by atoms with Gasteiger partial charge in [0.1, 0.15) is 6.10 Å². The van der Waals surface area contributed by atoms with Crippen molar-refractivity contribution in [2.75, 3.05) is 18.0 Å². The van der Waals surface area contributed by atoms with Crippen molar-refractivity contribution in [1.82, 2.24) is 10.7 Å². The van der Waals surface area contributed by atoms with Crippen LogP contribution in [0.15, 0.2) is 41.1 Å². The molecule has 9 heteroatoms. The number of hydrogen-bond donors (Lipinski definition) is 4. The van der Waals surface area contributed by atoms with E-state index < -0.39 is 6.09 Å². The number of carbonyl (C=O) groups is 2. The molecule has 2 aliphatic carbocycles. The zero-order valence-corrected chi connectivity index (χ0v) is 17.9. The van der Waals surface area contributed by atoms with E-state index in [9.17, 15) is 9.59 Å². The van der Waals surface area contributed by atoms with Crippen LogP contribution >= 0.6 is 0 Å². The quantitative estimate of drug-likeness (QED) is 0.213. The average molecular weight is 440 g/mol. The number of anilines is 1. The van der Waals surface area contributed by atoms with E-state index in [1.54, 1.807) is 11.0 Å². The number of cyclic esters (lactones) is 1. The van der Waals surface area contributed by atoms with Crippen LogP contribution in [-0.2, 0) is 16.0 Å². The number of nitrogens with zero attached hydrogens (tertiary/aromatic N) is 2. The highest BCUT2D eigenvalue weighted by molar-refractivity contribution is 5.90. The standard InChI is InChI=1S/C23H29N5O4/c24-27-21-15(4-1-2-11-26-31)5-3-6-17-12-18(9-10-20(17)21)28-14-19(32-23(28)30)13-25-22(29)16-7-8-16/h1-2,9-12,16,19,27,31H,3-8,13-14,24H2,(H,25,29)/b2-1+,26-11-. The van der Waals surface area contributed by atoms with Crippen LogP contribution < -0.4 is 21.5 Å². The number of ether oxygens (including phenoxy) is 1. The van der Waals surface area contributed by atoms with Crippen LogP contribution in [0.3, 0.4) is 0 Å². The van der Waals surface area contributed by atoms with Crippen LogP contribution in [0.1, 0.15) is 43.2 Å². The zero-order valence-electron chi connectivity index (χ0n) is 17.9. The number of hydrogen-bond acceptors (Lipinski definition) is 7. The molecule has 1 saturated heterocycles. The molecule has 2 fully saturated rings. The largest absolute Gasteiger partial charge is 0.442 e. The highest BCUT2D eigenvalue weighted by Gasteiger charge is 2.35. The average Bonchev–Trinajstić information content (AvgIpc) is 3.60. The van der Waals surface area contributed by atoms with Crippen molar-refractivity contribution in [3.05, 3.63) is 47.1 Å². The van der Waals surface area contributed by atoms with Crippen molar-refractivity contribution in [3.8, 4) is 0 Å². The second-order valence-corrected chi connectivity index (χ2v) is 8.35. The Balaban J connectivity index is 1.48. The summed E-state index contributed by atoms with van der Waals surface area (Å²) in [6, 6.07) is 5.91. The van der Waals surface area contributed by atoms with Crippen LogP contribution in [0, 0.1) is 5.92 Å². The lowest BCUT2D eigenvalue weighted by molar-refractivity contribution is -0.122. The molecule has 4 rings (SSSR count). The monoisotopic (exact) mass is 439 g/mol. The second-order valence-electron chi connectivity index (χ2n) is 8.35. The lowest BCUT2D eigenvalue weighted by atomic mass is 10.00. The van der Waals surface area contributed by atoms with E-state index in [1.807, 2.05) is 24.3 Å². The van der Waals surface area contributed by atoms with Crippen LogP contribution in [0.25, 0.3) is 5.70 Å². The molecule has 1 atom stereocenters. The molecule has 5 N–H and O–H groups in total. The molecule has 2 amide bonds. The van der Waals surface area contributed by atoms with Gasteiger partial charge < -0.3 is 20.7 Å². The Kier molecular flexibility index (Phi) is 6.75. The first-order chi connectivity index (χ1) is 15.6. The molecule has 1 unspecified atom stereocenters. The third kappa shape index (κ3) is 4.94. The van der Waals surface area contributed by atoms with Gasteiger partial charge in [-0.1, -0.05) is 17.3 Å². The van der Waals surface area contributed by atoms with E-state index in [1.165, 1.54) is 11.8 Å². The number of amides is 2. The summed E-state index contributed by atoms with van der Waals surface area (Å²) < 4.78 is 5.47. The van der Waals surface area contributed by atoms with E-state index in [4.69, 9.17) is 15.8 Å². The number of nitrogens with two attached hydrogens (primary N) is 1. The summed E-state index contributed by atoms with van der Waals surface area (Å²) in [7, 11) is 0. The number of aryl methyl sites for hydroxylation is 1. The molecule has 170 valence electrons. The van der Waals surface area contributed by atoms with Crippen molar-refractivity contribution in [2.24, 2.45) is 16.9 Å². The van der Waals surface area contributed by atoms with Crippen LogP contribution in [-0.4, -0.2) is 42.6 Å². The van der Waals surface area contributed by atoms with Gasteiger partial charge in [-0.15, -0.1) is 0 Å². The fourth-order valence-electron chi connectivity index (χ4n) is 4.24. The van der Waals surface area contributed by atoms with Crippen LogP contribution in [0.4, 0.5) is 10.5 Å². The molecule has 9 nitrogen and oxygen atoms in total. The fraction of sp³-hybridized carbons (Fsp3) is 0.435. The van der Waals surface area contributed by atoms with E-state index in [2.05, 4.69) is 15.9 Å². The van der Waals surface area contributed by atoms with Crippen molar-refractivity contribution in [2.45, 2.75) is 44.6 Å². The fourth-order valence-corrected chi connectivity index (χ4v) is 4.24. The summed E-state index contributed by atoms with van der Waals surface area (Å²) in [5.41, 5.74) is 7.84. The minimum absolute atomic E-state index is 0.0485. The van der Waals surface area contributed by atoms with Crippen LogP contribution in [0.2, 0.25) is 0 Å². The molecule has 32 heavy (non-hydrogen) atoms. The van der Waals surface area contributed by atoms with Crippen molar-refractivity contribution in [1.29, 1.82) is 0 Å². The molecule has 1 aromatic rings. The molecule has 0 spiro atoms. The van der Waals surface area contributed by atoms with E-state index in [-0.39, 0.29) is 17.9 Å². The normalized spacial score (nSPS) is 21.1. The maximum absolute atomic E-state index is 12.5. The maximum Gasteiger partial charge on any atom is 0.414 e. The van der Waals surface area contributed by atoms with Crippen molar-refractivity contribution < 1.29 is 19.5 Å². The van der Waals surface area contributed by atoms with Gasteiger partial charge in [0, 0.05) is 17.2 Å². The van der Waals surface area contributed by atoms with E-state index in [0.29, 0.717) is 19.5 Å². The topological polar surface area (TPSA) is 129 Å². The van der Waals surface area contributed by atoms with Crippen molar-refractivity contribution >= 4 is 29.6 Å². The summed E-state index contributed by atoms with van der Waals surface area (Å²) in [4.78, 5) is 26.0. The molecular formula is C23H29N5O4. The Bertz CT molecular complexity index is 967. The highest BCUT2D eigenvalue weighted by Crippen LogP contribution is 2.34. The summed E-state index contributed by atoms with van der Waals surface area (Å²) in [5, 5.41) is 14.4. The molecule has 1 aromatic carbocycles. The number of fused-ring (bicyclic) bond motifs is 1. The predicted molar refractivity (Wildman–Crippen MR) is 121 cm³/mol. The summed E-state index contributed by atoms with van der Waals surface area (Å²) in [5.74, 6) is 6.06. The van der Waals surface area contributed by atoms with Crippen LogP contribution in [0.5, 0.6) is 0 Å². The third-order valence-electron chi connectivity index (χ3n) is 6.07. The lowest BCUT2D eigenvalue weighted by Crippen LogP contribution is -2.35. The van der Waals surface area contributed by atoms with Gasteiger partial charge >= 0.3 is 6.09 Å². The van der Waals surface area contributed by atoms with Gasteiger partial charge in [0.15, 0.2) is 0 Å². The molecule has 0 radical (unpaired) electrons. The number of nitrogens with one attached hydrogen (secondary N) is 2. The lowest BCUT2D eigenvalue weighted by Gasteiger charge is -2.18. The molecule has 1 heterocycles. The Morgan fingerprint density at radius 1 is 1.34 bits per heavy atom. The summed E-state index contributed by atoms with van der Waals surface area (Å²) >= 11 is 0. The number of rotatable bonds is 8. The van der Waals surface area contributed by atoms with E-state index in [0.717, 1.165) is 54.6 Å².